The van der Waals surface area contributed by atoms with Gasteiger partial charge in [-0.15, -0.1) is 0 Å². The molecule has 0 aliphatic carbocycles. The number of rotatable bonds is 5. The molecule has 0 aliphatic rings. The summed E-state index contributed by atoms with van der Waals surface area (Å²) in [4.78, 5) is 21.9. The molecule has 5 aromatic rings. The molecule has 1 amide bonds. The number of nitrogens with one attached hydrogen (secondary N) is 1. The molecule has 0 fully saturated rings. The number of benzene rings is 2. The van der Waals surface area contributed by atoms with Gasteiger partial charge in [0.1, 0.15) is 22.9 Å². The van der Waals surface area contributed by atoms with Crippen molar-refractivity contribution in [1.29, 1.82) is 0 Å². The van der Waals surface area contributed by atoms with E-state index in [1.807, 2.05) is 89.5 Å². The molecule has 0 saturated carbocycles. The van der Waals surface area contributed by atoms with Crippen molar-refractivity contribution in [2.75, 3.05) is 5.32 Å². The Labute approximate surface area is 178 Å². The predicted octanol–water partition coefficient (Wildman–Crippen LogP) is 5.44. The van der Waals surface area contributed by atoms with Gasteiger partial charge in [-0.2, -0.15) is 0 Å². The SMILES string of the molecule is O=C(Nc1c(-c2ccccc2)nc2ccccn12)c1ccc(Oc2ccccc2)nc1. The monoisotopic (exact) mass is 406 g/mol. The first-order valence-electron chi connectivity index (χ1n) is 9.81. The van der Waals surface area contributed by atoms with E-state index in [0.29, 0.717) is 28.7 Å². The summed E-state index contributed by atoms with van der Waals surface area (Å²) in [6.07, 6.45) is 3.37. The van der Waals surface area contributed by atoms with E-state index in [4.69, 9.17) is 9.72 Å². The smallest absolute Gasteiger partial charge is 0.258 e. The molecule has 0 saturated heterocycles. The molecule has 0 spiro atoms. The zero-order valence-electron chi connectivity index (χ0n) is 16.5. The van der Waals surface area contributed by atoms with Gasteiger partial charge in [0.2, 0.25) is 5.88 Å². The second kappa shape index (κ2) is 8.12. The summed E-state index contributed by atoms with van der Waals surface area (Å²) in [5.74, 6) is 1.44. The summed E-state index contributed by atoms with van der Waals surface area (Å²) < 4.78 is 7.56. The maximum atomic E-state index is 13.0. The van der Waals surface area contributed by atoms with Crippen molar-refractivity contribution in [2.45, 2.75) is 0 Å². The Hall–Kier alpha value is -4.45. The van der Waals surface area contributed by atoms with Gasteiger partial charge < -0.3 is 10.1 Å². The highest BCUT2D eigenvalue weighted by molar-refractivity contribution is 6.05. The minimum atomic E-state index is -0.276. The third-order valence-electron chi connectivity index (χ3n) is 4.77. The summed E-state index contributed by atoms with van der Waals surface area (Å²) >= 11 is 0. The molecule has 0 unspecified atom stereocenters. The van der Waals surface area contributed by atoms with Crippen molar-refractivity contribution >= 4 is 17.4 Å². The van der Waals surface area contributed by atoms with Gasteiger partial charge in [-0.05, 0) is 30.3 Å². The number of carbonyl (C=O) groups is 1. The number of hydrogen-bond acceptors (Lipinski definition) is 4. The largest absolute Gasteiger partial charge is 0.439 e. The van der Waals surface area contributed by atoms with Gasteiger partial charge in [-0.25, -0.2) is 9.97 Å². The Morgan fingerprint density at radius 2 is 1.58 bits per heavy atom. The number of aromatic nitrogens is 3. The maximum Gasteiger partial charge on any atom is 0.258 e. The first-order chi connectivity index (χ1) is 15.3. The summed E-state index contributed by atoms with van der Waals surface area (Å²) in [7, 11) is 0. The van der Waals surface area contributed by atoms with Gasteiger partial charge in [0.15, 0.2) is 0 Å². The number of fused-ring (bicyclic) bond motifs is 1. The Morgan fingerprint density at radius 1 is 0.839 bits per heavy atom. The summed E-state index contributed by atoms with van der Waals surface area (Å²) in [5, 5.41) is 3.00. The molecule has 3 heterocycles. The van der Waals surface area contributed by atoms with Crippen LogP contribution in [0.2, 0.25) is 0 Å². The van der Waals surface area contributed by atoms with E-state index >= 15 is 0 Å². The molecule has 2 aromatic carbocycles. The molecular weight excluding hydrogens is 388 g/mol. The van der Waals surface area contributed by atoms with E-state index in [-0.39, 0.29) is 5.91 Å². The quantitative estimate of drug-likeness (QED) is 0.422. The fourth-order valence-electron chi connectivity index (χ4n) is 3.28. The second-order valence-electron chi connectivity index (χ2n) is 6.86. The molecule has 3 aromatic heterocycles. The van der Waals surface area contributed by atoms with Crippen LogP contribution in [0.5, 0.6) is 11.6 Å². The van der Waals surface area contributed by atoms with Crippen LogP contribution >= 0.6 is 0 Å². The second-order valence-corrected chi connectivity index (χ2v) is 6.86. The van der Waals surface area contributed by atoms with Gasteiger partial charge in [0, 0.05) is 24.0 Å². The average Bonchev–Trinajstić information content (AvgIpc) is 3.19. The molecule has 0 radical (unpaired) electrons. The van der Waals surface area contributed by atoms with Crippen molar-refractivity contribution in [2.24, 2.45) is 0 Å². The summed E-state index contributed by atoms with van der Waals surface area (Å²) in [6, 6.07) is 28.2. The number of para-hydroxylation sites is 1. The number of pyridine rings is 2. The Morgan fingerprint density at radius 3 is 2.32 bits per heavy atom. The lowest BCUT2D eigenvalue weighted by atomic mass is 10.1. The van der Waals surface area contributed by atoms with Gasteiger partial charge >= 0.3 is 0 Å². The molecule has 5 rings (SSSR count). The normalized spacial score (nSPS) is 10.7. The highest BCUT2D eigenvalue weighted by atomic mass is 16.5. The van der Waals surface area contributed by atoms with Crippen LogP contribution in [0.15, 0.2) is 103 Å². The van der Waals surface area contributed by atoms with Crippen LogP contribution in [-0.2, 0) is 0 Å². The summed E-state index contributed by atoms with van der Waals surface area (Å²) in [5.41, 5.74) is 2.80. The van der Waals surface area contributed by atoms with Crippen LogP contribution in [0.3, 0.4) is 0 Å². The molecule has 0 atom stereocenters. The summed E-state index contributed by atoms with van der Waals surface area (Å²) in [6.45, 7) is 0. The minimum absolute atomic E-state index is 0.276. The van der Waals surface area contributed by atoms with Crippen LogP contribution in [0, 0.1) is 0 Å². The average molecular weight is 406 g/mol. The molecule has 6 nitrogen and oxygen atoms in total. The van der Waals surface area contributed by atoms with E-state index in [1.54, 1.807) is 12.1 Å². The van der Waals surface area contributed by atoms with Crippen molar-refractivity contribution < 1.29 is 9.53 Å². The first kappa shape index (κ1) is 18.6. The van der Waals surface area contributed by atoms with E-state index in [1.165, 1.54) is 6.20 Å². The standard InChI is InChI=1S/C25H18N4O2/c30-25(19-14-15-22(26-17-19)31-20-11-5-2-6-12-20)28-24-23(18-9-3-1-4-10-18)27-21-13-7-8-16-29(21)24/h1-17H,(H,28,30). The third kappa shape index (κ3) is 3.86. The highest BCUT2D eigenvalue weighted by Gasteiger charge is 2.17. The number of hydrogen-bond donors (Lipinski definition) is 1. The van der Waals surface area contributed by atoms with Crippen molar-refractivity contribution in [1.82, 2.24) is 14.4 Å². The van der Waals surface area contributed by atoms with E-state index in [9.17, 15) is 4.79 Å². The number of imidazole rings is 1. The number of amides is 1. The van der Waals surface area contributed by atoms with Crippen LogP contribution in [0.1, 0.15) is 10.4 Å². The minimum Gasteiger partial charge on any atom is -0.439 e. The zero-order valence-corrected chi connectivity index (χ0v) is 16.5. The number of anilines is 1. The lowest BCUT2D eigenvalue weighted by Gasteiger charge is -2.09. The van der Waals surface area contributed by atoms with Gasteiger partial charge in [0.25, 0.3) is 5.91 Å². The van der Waals surface area contributed by atoms with Crippen molar-refractivity contribution in [3.8, 4) is 22.9 Å². The maximum absolute atomic E-state index is 13.0. The molecule has 150 valence electrons. The number of carbonyl (C=O) groups excluding carboxylic acids is 1. The van der Waals surface area contributed by atoms with E-state index < -0.39 is 0 Å². The molecule has 6 heteroatoms. The first-order valence-corrected chi connectivity index (χ1v) is 9.81. The Balaban J connectivity index is 1.43. The Bertz CT molecular complexity index is 1330. The fraction of sp³-hybridized carbons (Fsp3) is 0. The van der Waals surface area contributed by atoms with Gasteiger partial charge in [0.05, 0.1) is 5.56 Å². The van der Waals surface area contributed by atoms with Crippen LogP contribution in [0.4, 0.5) is 5.82 Å². The van der Waals surface area contributed by atoms with Crippen molar-refractivity contribution in [3.05, 3.63) is 109 Å². The molecular formula is C25H18N4O2. The van der Waals surface area contributed by atoms with E-state index in [0.717, 1.165) is 11.2 Å². The van der Waals surface area contributed by atoms with Gasteiger partial charge in [-0.1, -0.05) is 54.6 Å². The zero-order chi connectivity index (χ0) is 21.0. The van der Waals surface area contributed by atoms with Gasteiger partial charge in [-0.3, -0.25) is 9.20 Å². The lowest BCUT2D eigenvalue weighted by molar-refractivity contribution is 0.102. The third-order valence-corrected chi connectivity index (χ3v) is 4.77. The lowest BCUT2D eigenvalue weighted by Crippen LogP contribution is -2.14. The number of ether oxygens (including phenoxy) is 1. The fourth-order valence-corrected chi connectivity index (χ4v) is 3.28. The van der Waals surface area contributed by atoms with Crippen LogP contribution in [0.25, 0.3) is 16.9 Å². The van der Waals surface area contributed by atoms with Crippen molar-refractivity contribution in [3.63, 3.8) is 0 Å². The highest BCUT2D eigenvalue weighted by Crippen LogP contribution is 2.29. The topological polar surface area (TPSA) is 68.5 Å². The Kier molecular flexibility index (Phi) is 4.86. The van der Waals surface area contributed by atoms with E-state index in [2.05, 4.69) is 10.3 Å². The molecule has 0 aliphatic heterocycles. The van der Waals surface area contributed by atoms with Crippen LogP contribution in [-0.4, -0.2) is 20.3 Å². The predicted molar refractivity (Wildman–Crippen MR) is 119 cm³/mol. The van der Waals surface area contributed by atoms with Crippen LogP contribution < -0.4 is 10.1 Å². The number of nitrogens with zero attached hydrogens (tertiary/aromatic N) is 3. The molecule has 31 heavy (non-hydrogen) atoms. The molecule has 1 N–H and O–H groups in total. The molecule has 0 bridgehead atoms.